The number of rotatable bonds is 9. The molecule has 0 spiro atoms. The lowest BCUT2D eigenvalue weighted by molar-refractivity contribution is 0.0954. The van der Waals surface area contributed by atoms with Crippen LogP contribution in [0.1, 0.15) is 37.6 Å². The second kappa shape index (κ2) is 11.2. The molecule has 0 atom stereocenters. The fourth-order valence-corrected chi connectivity index (χ4v) is 4.14. The molecule has 35 heavy (non-hydrogen) atoms. The highest BCUT2D eigenvalue weighted by Gasteiger charge is 2.23. The number of nitriles is 1. The largest absolute Gasteiger partial charge is 0.351 e. The summed E-state index contributed by atoms with van der Waals surface area (Å²) in [5.74, 6) is -0.993. The Hall–Kier alpha value is -4.36. The summed E-state index contributed by atoms with van der Waals surface area (Å²) in [5.41, 5.74) is 1.51. The third kappa shape index (κ3) is 6.16. The van der Waals surface area contributed by atoms with E-state index >= 15 is 0 Å². The Morgan fingerprint density at radius 1 is 1.14 bits per heavy atom. The standard InChI is InChI=1S/C25H21FN6O2S/c26-21-8-4-19(5-9-21)16-32(24(34)20-6-2-18(14-27)3-7-20)25-30-15-22(35-25)23(33)29-10-1-12-31-13-11-28-17-31/h2-9,11,13,15,17H,1,10,12,16H2,(H,29,33). The zero-order valence-electron chi connectivity index (χ0n) is 18.6. The topological polar surface area (TPSA) is 104 Å². The predicted molar refractivity (Wildman–Crippen MR) is 129 cm³/mol. The predicted octanol–water partition coefficient (Wildman–Crippen LogP) is 4.02. The Bertz CT molecular complexity index is 1330. The Balaban J connectivity index is 1.49. The number of nitrogens with one attached hydrogen (secondary N) is 1. The monoisotopic (exact) mass is 488 g/mol. The summed E-state index contributed by atoms with van der Waals surface area (Å²) in [7, 11) is 0. The van der Waals surface area contributed by atoms with Crippen LogP contribution in [0.15, 0.2) is 73.4 Å². The Labute approximate surface area is 205 Å². The molecule has 4 rings (SSSR count). The molecule has 2 amide bonds. The molecule has 2 heterocycles. The fraction of sp³-hybridized carbons (Fsp3) is 0.160. The van der Waals surface area contributed by atoms with Crippen LogP contribution in [0.3, 0.4) is 0 Å². The molecule has 1 N–H and O–H groups in total. The minimum atomic E-state index is -0.375. The lowest BCUT2D eigenvalue weighted by Gasteiger charge is -2.20. The molecule has 0 fully saturated rings. The molecular weight excluding hydrogens is 467 g/mol. The van der Waals surface area contributed by atoms with Crippen molar-refractivity contribution in [1.82, 2.24) is 19.9 Å². The van der Waals surface area contributed by atoms with Crippen LogP contribution in [0.4, 0.5) is 9.52 Å². The van der Waals surface area contributed by atoms with Gasteiger partial charge in [-0.3, -0.25) is 14.5 Å². The summed E-state index contributed by atoms with van der Waals surface area (Å²) < 4.78 is 15.3. The molecule has 2 aromatic heterocycles. The summed E-state index contributed by atoms with van der Waals surface area (Å²) in [6.07, 6.45) is 7.46. The van der Waals surface area contributed by atoms with Gasteiger partial charge in [0.2, 0.25) is 0 Å². The highest BCUT2D eigenvalue weighted by molar-refractivity contribution is 7.17. The molecule has 0 aliphatic heterocycles. The fourth-order valence-electron chi connectivity index (χ4n) is 3.31. The molecule has 4 aromatic rings. The third-order valence-corrected chi connectivity index (χ3v) is 6.17. The second-order valence-corrected chi connectivity index (χ2v) is 8.63. The van der Waals surface area contributed by atoms with Crippen LogP contribution in [0.5, 0.6) is 0 Å². The molecule has 0 aliphatic carbocycles. The van der Waals surface area contributed by atoms with Gasteiger partial charge in [0.15, 0.2) is 5.13 Å². The lowest BCUT2D eigenvalue weighted by Crippen LogP contribution is -2.30. The third-order valence-electron chi connectivity index (χ3n) is 5.15. The highest BCUT2D eigenvalue weighted by atomic mass is 32.1. The normalized spacial score (nSPS) is 10.5. The first-order valence-electron chi connectivity index (χ1n) is 10.8. The molecule has 0 radical (unpaired) electrons. The summed E-state index contributed by atoms with van der Waals surface area (Å²) >= 11 is 1.10. The van der Waals surface area contributed by atoms with Crippen LogP contribution >= 0.6 is 11.3 Å². The van der Waals surface area contributed by atoms with Crippen molar-refractivity contribution in [2.24, 2.45) is 0 Å². The van der Waals surface area contributed by atoms with E-state index in [0.29, 0.717) is 33.2 Å². The number of halogens is 1. The van der Waals surface area contributed by atoms with E-state index in [1.165, 1.54) is 23.2 Å². The minimum absolute atomic E-state index is 0.137. The van der Waals surface area contributed by atoms with Gasteiger partial charge in [0.1, 0.15) is 10.7 Å². The minimum Gasteiger partial charge on any atom is -0.351 e. The van der Waals surface area contributed by atoms with Crippen molar-refractivity contribution in [3.8, 4) is 6.07 Å². The summed E-state index contributed by atoms with van der Waals surface area (Å²) in [6, 6.07) is 14.1. The number of carbonyl (C=O) groups is 2. The maximum atomic E-state index is 13.4. The van der Waals surface area contributed by atoms with Gasteiger partial charge in [-0.2, -0.15) is 5.26 Å². The molecule has 0 saturated heterocycles. The number of nitrogens with zero attached hydrogens (tertiary/aromatic N) is 5. The van der Waals surface area contributed by atoms with Gasteiger partial charge >= 0.3 is 0 Å². The zero-order valence-corrected chi connectivity index (χ0v) is 19.4. The van der Waals surface area contributed by atoms with E-state index in [4.69, 9.17) is 5.26 Å². The number of aryl methyl sites for hydroxylation is 1. The Kier molecular flexibility index (Phi) is 7.60. The second-order valence-electron chi connectivity index (χ2n) is 7.62. The van der Waals surface area contributed by atoms with Gasteiger partial charge in [0.05, 0.1) is 30.7 Å². The average molecular weight is 489 g/mol. The van der Waals surface area contributed by atoms with Crippen molar-refractivity contribution in [1.29, 1.82) is 5.26 Å². The number of anilines is 1. The van der Waals surface area contributed by atoms with Crippen LogP contribution in [0, 0.1) is 17.1 Å². The van der Waals surface area contributed by atoms with Gasteiger partial charge < -0.3 is 9.88 Å². The smallest absolute Gasteiger partial charge is 0.263 e. The van der Waals surface area contributed by atoms with E-state index in [9.17, 15) is 14.0 Å². The first kappa shape index (κ1) is 23.8. The molecule has 176 valence electrons. The number of imidazole rings is 1. The molecule has 0 bridgehead atoms. The molecule has 0 saturated carbocycles. The zero-order chi connectivity index (χ0) is 24.6. The molecule has 0 aliphatic rings. The van der Waals surface area contributed by atoms with Gasteiger partial charge in [0, 0.05) is 31.0 Å². The van der Waals surface area contributed by atoms with Crippen molar-refractivity contribution in [3.05, 3.63) is 101 Å². The van der Waals surface area contributed by atoms with Crippen molar-refractivity contribution in [2.45, 2.75) is 19.5 Å². The number of aromatic nitrogens is 3. The van der Waals surface area contributed by atoms with Crippen LogP contribution in [-0.4, -0.2) is 32.9 Å². The van der Waals surface area contributed by atoms with Gasteiger partial charge in [-0.1, -0.05) is 23.5 Å². The van der Waals surface area contributed by atoms with Crippen LogP contribution in [0.25, 0.3) is 0 Å². The van der Waals surface area contributed by atoms with Crippen LogP contribution in [-0.2, 0) is 13.1 Å². The van der Waals surface area contributed by atoms with Gasteiger partial charge in [-0.15, -0.1) is 0 Å². The van der Waals surface area contributed by atoms with Crippen molar-refractivity contribution in [3.63, 3.8) is 0 Å². The van der Waals surface area contributed by atoms with Gasteiger partial charge in [-0.05, 0) is 48.4 Å². The number of amides is 2. The SMILES string of the molecule is N#Cc1ccc(C(=O)N(Cc2ccc(F)cc2)c2ncc(C(=O)NCCCn3ccnc3)s2)cc1. The number of hydrogen-bond donors (Lipinski definition) is 1. The molecule has 2 aromatic carbocycles. The summed E-state index contributed by atoms with van der Waals surface area (Å²) in [6.45, 7) is 1.35. The quantitative estimate of drug-likeness (QED) is 0.359. The van der Waals surface area contributed by atoms with Crippen molar-refractivity contribution >= 4 is 28.3 Å². The highest BCUT2D eigenvalue weighted by Crippen LogP contribution is 2.26. The van der Waals surface area contributed by atoms with Crippen LogP contribution in [0.2, 0.25) is 0 Å². The molecular formula is C25H21FN6O2S. The number of benzene rings is 2. The van der Waals surface area contributed by atoms with Gasteiger partial charge in [0.25, 0.3) is 11.8 Å². The van der Waals surface area contributed by atoms with E-state index < -0.39 is 0 Å². The van der Waals surface area contributed by atoms with E-state index in [1.54, 1.807) is 48.9 Å². The van der Waals surface area contributed by atoms with Crippen molar-refractivity contribution in [2.75, 3.05) is 11.4 Å². The number of thiazole rings is 1. The number of hydrogen-bond acceptors (Lipinski definition) is 6. The Morgan fingerprint density at radius 3 is 2.60 bits per heavy atom. The maximum absolute atomic E-state index is 13.4. The molecule has 10 heteroatoms. The van der Waals surface area contributed by atoms with E-state index in [-0.39, 0.29) is 24.2 Å². The number of carbonyl (C=O) groups excluding carboxylic acids is 2. The Morgan fingerprint density at radius 2 is 1.91 bits per heavy atom. The summed E-state index contributed by atoms with van der Waals surface area (Å²) in [5, 5.41) is 12.2. The summed E-state index contributed by atoms with van der Waals surface area (Å²) in [4.78, 5) is 36.1. The maximum Gasteiger partial charge on any atom is 0.263 e. The molecule has 8 nitrogen and oxygen atoms in total. The average Bonchev–Trinajstić information content (AvgIpc) is 3.58. The van der Waals surface area contributed by atoms with Crippen molar-refractivity contribution < 1.29 is 14.0 Å². The first-order valence-corrected chi connectivity index (χ1v) is 11.6. The lowest BCUT2D eigenvalue weighted by atomic mass is 10.1. The van der Waals surface area contributed by atoms with Crippen LogP contribution < -0.4 is 10.2 Å². The molecule has 0 unspecified atom stereocenters. The van der Waals surface area contributed by atoms with E-state index in [0.717, 1.165) is 24.3 Å². The van der Waals surface area contributed by atoms with E-state index in [2.05, 4.69) is 15.3 Å². The first-order chi connectivity index (χ1) is 17.0. The van der Waals surface area contributed by atoms with Gasteiger partial charge in [-0.25, -0.2) is 14.4 Å². The van der Waals surface area contributed by atoms with E-state index in [1.807, 2.05) is 16.8 Å².